The molecule has 3 aromatic rings. The number of nitrogens with one attached hydrogen (secondary N) is 1. The molecule has 2 N–H and O–H groups in total. The Morgan fingerprint density at radius 3 is 3.00 bits per heavy atom. The van der Waals surface area contributed by atoms with Gasteiger partial charge in [-0.3, -0.25) is 9.52 Å². The number of aromatic nitrogens is 1. The van der Waals surface area contributed by atoms with Crippen molar-refractivity contribution in [1.29, 1.82) is 5.26 Å². The van der Waals surface area contributed by atoms with Crippen LogP contribution in [0.2, 0.25) is 0 Å². The number of nitriles is 1. The molecular weight excluding hydrogens is 466 g/mol. The average Bonchev–Trinajstić information content (AvgIpc) is 3.44. The summed E-state index contributed by atoms with van der Waals surface area (Å²) in [4.78, 5) is 16.5. The van der Waals surface area contributed by atoms with E-state index < -0.39 is 5.97 Å². The molecule has 1 unspecified atom stereocenters. The molecule has 1 aliphatic carbocycles. The lowest BCUT2D eigenvalue weighted by molar-refractivity contribution is -0.136. The van der Waals surface area contributed by atoms with Gasteiger partial charge in [0.05, 0.1) is 18.1 Å². The number of carboxylic acid groups (broad SMARTS) is 1. The van der Waals surface area contributed by atoms with Crippen LogP contribution in [0.3, 0.4) is 0 Å². The molecule has 1 aliphatic rings. The number of rotatable bonds is 10. The lowest BCUT2D eigenvalue weighted by Crippen LogP contribution is -2.12. The van der Waals surface area contributed by atoms with E-state index in [-0.39, 0.29) is 18.6 Å². The van der Waals surface area contributed by atoms with Crippen molar-refractivity contribution in [3.63, 3.8) is 0 Å². The largest absolute Gasteiger partial charge is 0.490 e. The van der Waals surface area contributed by atoms with E-state index in [2.05, 4.69) is 34.0 Å². The molecule has 0 bridgehead atoms. The van der Waals surface area contributed by atoms with Crippen LogP contribution in [0.1, 0.15) is 59.9 Å². The third kappa shape index (κ3) is 5.79. The summed E-state index contributed by atoms with van der Waals surface area (Å²) in [5.41, 5.74) is 5.44. The smallest absolute Gasteiger partial charge is 0.304 e. The van der Waals surface area contributed by atoms with E-state index in [0.717, 1.165) is 29.8 Å². The van der Waals surface area contributed by atoms with E-state index in [4.69, 9.17) is 9.84 Å². The molecule has 0 aliphatic heterocycles. The monoisotopic (exact) mass is 493 g/mol. The summed E-state index contributed by atoms with van der Waals surface area (Å²) in [6.07, 6.45) is 4.94. The third-order valence-electron chi connectivity index (χ3n) is 5.64. The number of benzene rings is 2. The number of nitrogens with zero attached hydrogens (tertiary/aromatic N) is 2. The van der Waals surface area contributed by atoms with Crippen LogP contribution in [-0.2, 0) is 17.6 Å². The Kier molecular flexibility index (Phi) is 7.88. The zero-order valence-electron chi connectivity index (χ0n) is 19.2. The van der Waals surface area contributed by atoms with Crippen molar-refractivity contribution < 1.29 is 14.6 Å². The molecule has 1 atom stereocenters. The molecule has 4 rings (SSSR count). The van der Waals surface area contributed by atoms with Crippen LogP contribution in [0.4, 0.5) is 0 Å². The Bertz CT molecular complexity index is 1220. The second kappa shape index (κ2) is 11.0. The van der Waals surface area contributed by atoms with Gasteiger partial charge in [0.2, 0.25) is 0 Å². The van der Waals surface area contributed by atoms with Crippen LogP contribution < -0.4 is 9.46 Å². The summed E-state index contributed by atoms with van der Waals surface area (Å²) in [7, 11) is 0. The van der Waals surface area contributed by atoms with E-state index in [0.29, 0.717) is 17.1 Å². The van der Waals surface area contributed by atoms with Gasteiger partial charge in [-0.15, -0.1) is 11.3 Å². The van der Waals surface area contributed by atoms with Crippen molar-refractivity contribution in [1.82, 2.24) is 9.71 Å². The second-order valence-corrected chi connectivity index (χ2v) is 10.5. The van der Waals surface area contributed by atoms with Gasteiger partial charge in [0, 0.05) is 34.9 Å². The molecule has 176 valence electrons. The highest BCUT2D eigenvalue weighted by atomic mass is 32.2. The number of carbonyl (C=O) groups is 1. The Morgan fingerprint density at radius 2 is 2.24 bits per heavy atom. The fourth-order valence-corrected chi connectivity index (χ4v) is 5.91. The lowest BCUT2D eigenvalue weighted by Gasteiger charge is -2.14. The van der Waals surface area contributed by atoms with Crippen LogP contribution in [-0.4, -0.2) is 27.9 Å². The molecule has 0 amide bonds. The molecule has 0 spiro atoms. The number of ether oxygens (including phenoxy) is 1. The average molecular weight is 494 g/mol. The third-order valence-corrected chi connectivity index (χ3v) is 7.54. The number of carboxylic acids is 1. The van der Waals surface area contributed by atoms with E-state index in [1.54, 1.807) is 11.3 Å². The highest BCUT2D eigenvalue weighted by Crippen LogP contribution is 2.36. The van der Waals surface area contributed by atoms with Gasteiger partial charge in [0.15, 0.2) is 0 Å². The van der Waals surface area contributed by atoms with E-state index in [1.807, 2.05) is 38.2 Å². The minimum atomic E-state index is -0.768. The van der Waals surface area contributed by atoms with E-state index in [9.17, 15) is 10.1 Å². The first kappa shape index (κ1) is 24.3. The first-order valence-electron chi connectivity index (χ1n) is 11.3. The number of thiazole rings is 1. The molecule has 8 heteroatoms. The Hall–Kier alpha value is -2.86. The van der Waals surface area contributed by atoms with Crippen molar-refractivity contribution in [3.8, 4) is 22.4 Å². The molecule has 0 saturated heterocycles. The topological polar surface area (TPSA) is 95.2 Å². The Labute approximate surface area is 208 Å². The maximum atomic E-state index is 10.7. The lowest BCUT2D eigenvalue weighted by atomic mass is 10.00. The minimum Gasteiger partial charge on any atom is -0.490 e. The van der Waals surface area contributed by atoms with Crippen LogP contribution in [0.5, 0.6) is 5.75 Å². The van der Waals surface area contributed by atoms with Gasteiger partial charge < -0.3 is 9.84 Å². The highest BCUT2D eigenvalue weighted by molar-refractivity contribution is 7.97. The summed E-state index contributed by atoms with van der Waals surface area (Å²) in [6, 6.07) is 14.6. The van der Waals surface area contributed by atoms with Crippen LogP contribution in [0, 0.1) is 11.3 Å². The first-order valence-corrected chi connectivity index (χ1v) is 13.1. The van der Waals surface area contributed by atoms with Gasteiger partial charge in [-0.25, -0.2) is 4.98 Å². The molecule has 1 aromatic heterocycles. The van der Waals surface area contributed by atoms with Crippen LogP contribution in [0.15, 0.2) is 42.6 Å². The van der Waals surface area contributed by atoms with Gasteiger partial charge in [-0.2, -0.15) is 5.26 Å². The van der Waals surface area contributed by atoms with Crippen molar-refractivity contribution in [2.24, 2.45) is 0 Å². The predicted octanol–water partition coefficient (Wildman–Crippen LogP) is 5.76. The normalized spacial score (nSPS) is 14.7. The number of hydrogen-bond donors (Lipinski definition) is 2. The zero-order chi connectivity index (χ0) is 24.1. The molecule has 34 heavy (non-hydrogen) atoms. The maximum absolute atomic E-state index is 10.7. The first-order chi connectivity index (χ1) is 16.4. The minimum absolute atomic E-state index is 0.00940. The van der Waals surface area contributed by atoms with E-state index >= 15 is 0 Å². The van der Waals surface area contributed by atoms with Crippen molar-refractivity contribution in [2.75, 3.05) is 5.75 Å². The number of aliphatic carboxylic acids is 1. The van der Waals surface area contributed by atoms with Crippen molar-refractivity contribution in [3.05, 3.63) is 69.7 Å². The molecule has 1 heterocycles. The quantitative estimate of drug-likeness (QED) is 0.274. The fraction of sp³-hybridized carbons (Fsp3) is 0.346. The number of hydrogen-bond acceptors (Lipinski definition) is 7. The highest BCUT2D eigenvalue weighted by Gasteiger charge is 2.24. The second-order valence-electron chi connectivity index (χ2n) is 8.48. The van der Waals surface area contributed by atoms with E-state index in [1.165, 1.54) is 33.5 Å². The molecule has 0 saturated carbocycles. The van der Waals surface area contributed by atoms with Gasteiger partial charge in [-0.05, 0) is 61.6 Å². The van der Waals surface area contributed by atoms with Crippen LogP contribution in [0.25, 0.3) is 10.6 Å². The Morgan fingerprint density at radius 1 is 1.38 bits per heavy atom. The molecule has 0 radical (unpaired) electrons. The summed E-state index contributed by atoms with van der Waals surface area (Å²) < 4.78 is 9.18. The Balaban J connectivity index is 1.46. The molecular formula is C26H27N3O3S2. The fourth-order valence-electron chi connectivity index (χ4n) is 4.13. The van der Waals surface area contributed by atoms with Gasteiger partial charge in [0.1, 0.15) is 16.8 Å². The SMILES string of the molecule is CC(C)Oc1ccc(-c2ncc(Cc3cccc4c3CCC4NSCCC(=O)O)s2)cc1C#N. The molecule has 0 fully saturated rings. The summed E-state index contributed by atoms with van der Waals surface area (Å²) in [5, 5.41) is 19.2. The van der Waals surface area contributed by atoms with Crippen molar-refractivity contribution >= 4 is 29.3 Å². The molecule has 6 nitrogen and oxygen atoms in total. The van der Waals surface area contributed by atoms with Gasteiger partial charge >= 0.3 is 5.97 Å². The zero-order valence-corrected chi connectivity index (χ0v) is 20.8. The summed E-state index contributed by atoms with van der Waals surface area (Å²) in [5.74, 6) is 0.390. The molecule has 2 aromatic carbocycles. The summed E-state index contributed by atoms with van der Waals surface area (Å²) >= 11 is 3.14. The number of fused-ring (bicyclic) bond motifs is 1. The maximum Gasteiger partial charge on any atom is 0.304 e. The van der Waals surface area contributed by atoms with Gasteiger partial charge in [0.25, 0.3) is 0 Å². The predicted molar refractivity (Wildman–Crippen MR) is 136 cm³/mol. The van der Waals surface area contributed by atoms with Crippen LogP contribution >= 0.6 is 23.3 Å². The summed E-state index contributed by atoms with van der Waals surface area (Å²) in [6.45, 7) is 3.89. The van der Waals surface area contributed by atoms with Crippen molar-refractivity contribution in [2.45, 2.75) is 51.7 Å². The standard InChI is InChI=1S/C26H27N3O3S2/c1-16(2)32-24-9-6-18(12-19(24)14-27)26-28-15-20(34-26)13-17-4-3-5-22-21(17)7-8-23(22)29-33-11-10-25(30)31/h3-6,9,12,15-16,23,29H,7-8,10-11,13H2,1-2H3,(H,30,31). The van der Waals surface area contributed by atoms with Gasteiger partial charge in [-0.1, -0.05) is 30.1 Å².